The summed E-state index contributed by atoms with van der Waals surface area (Å²) in [4.78, 5) is 16.4. The zero-order valence-electron chi connectivity index (χ0n) is 14.2. The summed E-state index contributed by atoms with van der Waals surface area (Å²) < 4.78 is 16.2. The molecule has 25 heavy (non-hydrogen) atoms. The van der Waals surface area contributed by atoms with Crippen molar-refractivity contribution in [2.75, 3.05) is 20.3 Å². The Hall–Kier alpha value is -2.25. The van der Waals surface area contributed by atoms with E-state index in [9.17, 15) is 4.79 Å². The molecule has 0 bridgehead atoms. The van der Waals surface area contributed by atoms with Crippen molar-refractivity contribution in [1.29, 1.82) is 0 Å². The van der Waals surface area contributed by atoms with E-state index >= 15 is 0 Å². The Labute approximate surface area is 149 Å². The molecule has 1 aromatic carbocycles. The second kappa shape index (κ2) is 8.22. The van der Waals surface area contributed by atoms with Gasteiger partial charge in [-0.25, -0.2) is 4.98 Å². The predicted octanol–water partition coefficient (Wildman–Crippen LogP) is 3.79. The first-order valence-corrected chi connectivity index (χ1v) is 9.00. The number of hydrogen-bond acceptors (Lipinski definition) is 6. The predicted molar refractivity (Wildman–Crippen MR) is 95.8 cm³/mol. The Bertz CT molecular complexity index is 856. The van der Waals surface area contributed by atoms with Gasteiger partial charge in [0.15, 0.2) is 11.3 Å². The molecule has 0 atom stereocenters. The highest BCUT2D eigenvalue weighted by Gasteiger charge is 2.12. The van der Waals surface area contributed by atoms with Crippen molar-refractivity contribution >= 4 is 28.8 Å². The number of aryl methyl sites for hydroxylation is 1. The van der Waals surface area contributed by atoms with E-state index < -0.39 is 0 Å². The quantitative estimate of drug-likeness (QED) is 0.486. The molecule has 2 heterocycles. The maximum absolute atomic E-state index is 12.0. The lowest BCUT2D eigenvalue weighted by Crippen LogP contribution is -2.24. The van der Waals surface area contributed by atoms with Crippen LogP contribution in [0.1, 0.15) is 28.3 Å². The molecule has 0 aliphatic rings. The fourth-order valence-electron chi connectivity index (χ4n) is 2.29. The molecule has 3 rings (SSSR count). The second-order valence-electron chi connectivity index (χ2n) is 5.61. The van der Waals surface area contributed by atoms with Gasteiger partial charge in [-0.2, -0.15) is 0 Å². The average Bonchev–Trinajstić information content (AvgIpc) is 3.22. The number of hydrogen-bond donors (Lipinski definition) is 1. The van der Waals surface area contributed by atoms with E-state index in [0.29, 0.717) is 35.6 Å². The van der Waals surface area contributed by atoms with Crippen molar-refractivity contribution in [1.82, 2.24) is 10.3 Å². The van der Waals surface area contributed by atoms with Crippen LogP contribution in [0.3, 0.4) is 0 Å². The molecule has 0 unspecified atom stereocenters. The number of benzene rings is 1. The maximum atomic E-state index is 12.0. The average molecular weight is 360 g/mol. The number of thioether (sulfide) groups is 1. The van der Waals surface area contributed by atoms with Gasteiger partial charge < -0.3 is 18.9 Å². The molecule has 0 aliphatic carbocycles. The number of nitrogens with zero attached hydrogens (tertiary/aromatic N) is 1. The van der Waals surface area contributed by atoms with Gasteiger partial charge in [-0.1, -0.05) is 17.8 Å². The van der Waals surface area contributed by atoms with Crippen molar-refractivity contribution < 1.29 is 18.4 Å². The minimum absolute atomic E-state index is 0.218. The molecular formula is C18H20N2O4S. The van der Waals surface area contributed by atoms with Gasteiger partial charge in [0.05, 0.1) is 5.75 Å². The molecule has 6 nitrogen and oxygen atoms in total. The summed E-state index contributed by atoms with van der Waals surface area (Å²) in [6, 6.07) is 9.37. The van der Waals surface area contributed by atoms with E-state index in [0.717, 1.165) is 23.1 Å². The summed E-state index contributed by atoms with van der Waals surface area (Å²) in [6.45, 7) is 3.19. The highest BCUT2D eigenvalue weighted by Crippen LogP contribution is 2.27. The number of methoxy groups -OCH3 is 1. The summed E-state index contributed by atoms with van der Waals surface area (Å²) in [7, 11) is 1.64. The fraction of sp³-hybridized carbons (Fsp3) is 0.333. The summed E-state index contributed by atoms with van der Waals surface area (Å²) in [6.07, 6.45) is 0.767. The summed E-state index contributed by atoms with van der Waals surface area (Å²) >= 11 is 1.43. The Kier molecular flexibility index (Phi) is 5.78. The Morgan fingerprint density at radius 3 is 3.00 bits per heavy atom. The van der Waals surface area contributed by atoms with Crippen molar-refractivity contribution in [3.8, 4) is 0 Å². The number of carbonyl (C=O) groups excluding carboxylic acids is 1. The highest BCUT2D eigenvalue weighted by molar-refractivity contribution is 7.98. The summed E-state index contributed by atoms with van der Waals surface area (Å²) in [5.74, 6) is 1.33. The van der Waals surface area contributed by atoms with Crippen LogP contribution in [0.5, 0.6) is 0 Å². The standard InChI is InChI=1S/C18H20N2O4S/c1-12-4-6-15-14(10-12)20-18(24-15)25-11-13-5-7-16(23-13)17(21)19-8-3-9-22-2/h4-7,10H,3,8-9,11H2,1-2H3,(H,19,21). The zero-order valence-corrected chi connectivity index (χ0v) is 15.0. The third-order valence-corrected chi connectivity index (χ3v) is 4.41. The molecule has 2 aromatic heterocycles. The van der Waals surface area contributed by atoms with Crippen LogP contribution in [-0.2, 0) is 10.5 Å². The Balaban J connectivity index is 1.54. The molecule has 0 saturated carbocycles. The van der Waals surface area contributed by atoms with Crippen molar-refractivity contribution in [3.05, 3.63) is 47.4 Å². The van der Waals surface area contributed by atoms with Gasteiger partial charge in [-0.05, 0) is 43.2 Å². The minimum Gasteiger partial charge on any atom is -0.455 e. The van der Waals surface area contributed by atoms with E-state index in [1.165, 1.54) is 11.8 Å². The number of fused-ring (bicyclic) bond motifs is 1. The Morgan fingerprint density at radius 2 is 2.16 bits per heavy atom. The van der Waals surface area contributed by atoms with E-state index in [-0.39, 0.29) is 5.91 Å². The summed E-state index contributed by atoms with van der Waals surface area (Å²) in [5.41, 5.74) is 2.76. The van der Waals surface area contributed by atoms with Crippen LogP contribution in [0.25, 0.3) is 11.1 Å². The van der Waals surface area contributed by atoms with Gasteiger partial charge in [-0.15, -0.1) is 0 Å². The lowest BCUT2D eigenvalue weighted by molar-refractivity contribution is 0.0919. The number of carbonyl (C=O) groups is 1. The molecule has 1 amide bonds. The molecule has 0 aliphatic heterocycles. The number of aromatic nitrogens is 1. The van der Waals surface area contributed by atoms with E-state index in [1.54, 1.807) is 19.2 Å². The second-order valence-corrected chi connectivity index (χ2v) is 6.53. The van der Waals surface area contributed by atoms with Crippen LogP contribution in [-0.4, -0.2) is 31.2 Å². The van der Waals surface area contributed by atoms with Crippen LogP contribution in [0.2, 0.25) is 0 Å². The molecule has 0 saturated heterocycles. The fourth-order valence-corrected chi connectivity index (χ4v) is 3.03. The molecular weight excluding hydrogens is 340 g/mol. The topological polar surface area (TPSA) is 77.5 Å². The number of oxazole rings is 1. The first kappa shape index (κ1) is 17.6. The van der Waals surface area contributed by atoms with Gasteiger partial charge >= 0.3 is 0 Å². The van der Waals surface area contributed by atoms with Crippen LogP contribution in [0, 0.1) is 6.92 Å². The molecule has 132 valence electrons. The van der Waals surface area contributed by atoms with E-state index in [1.807, 2.05) is 25.1 Å². The SMILES string of the molecule is COCCCNC(=O)c1ccc(CSc2nc3cc(C)ccc3o2)o1. The normalized spacial score (nSPS) is 11.1. The van der Waals surface area contributed by atoms with Crippen molar-refractivity contribution in [2.45, 2.75) is 24.3 Å². The number of ether oxygens (including phenoxy) is 1. The summed E-state index contributed by atoms with van der Waals surface area (Å²) in [5, 5.41) is 3.38. The lowest BCUT2D eigenvalue weighted by Gasteiger charge is -2.02. The van der Waals surface area contributed by atoms with Crippen LogP contribution < -0.4 is 5.32 Å². The van der Waals surface area contributed by atoms with Crippen LogP contribution in [0.15, 0.2) is 44.4 Å². The first-order valence-electron chi connectivity index (χ1n) is 8.01. The molecule has 1 N–H and O–H groups in total. The minimum atomic E-state index is -0.218. The van der Waals surface area contributed by atoms with Crippen LogP contribution >= 0.6 is 11.8 Å². The number of amides is 1. The van der Waals surface area contributed by atoms with Gasteiger partial charge in [0.1, 0.15) is 11.3 Å². The van der Waals surface area contributed by atoms with E-state index in [2.05, 4.69) is 10.3 Å². The maximum Gasteiger partial charge on any atom is 0.286 e. The first-order chi connectivity index (χ1) is 12.2. The van der Waals surface area contributed by atoms with Gasteiger partial charge in [0.2, 0.25) is 0 Å². The molecule has 0 fully saturated rings. The van der Waals surface area contributed by atoms with E-state index in [4.69, 9.17) is 13.6 Å². The Morgan fingerprint density at radius 1 is 1.28 bits per heavy atom. The third kappa shape index (κ3) is 4.64. The molecule has 0 radical (unpaired) electrons. The number of nitrogens with one attached hydrogen (secondary N) is 1. The van der Waals surface area contributed by atoms with Gasteiger partial charge in [-0.3, -0.25) is 4.79 Å². The number of rotatable bonds is 8. The van der Waals surface area contributed by atoms with Crippen LogP contribution in [0.4, 0.5) is 0 Å². The largest absolute Gasteiger partial charge is 0.455 e. The highest BCUT2D eigenvalue weighted by atomic mass is 32.2. The monoisotopic (exact) mass is 360 g/mol. The molecule has 0 spiro atoms. The lowest BCUT2D eigenvalue weighted by atomic mass is 10.2. The third-order valence-electron chi connectivity index (χ3n) is 3.56. The molecule has 7 heteroatoms. The zero-order chi connectivity index (χ0) is 17.6. The van der Waals surface area contributed by atoms with Gasteiger partial charge in [0.25, 0.3) is 11.1 Å². The number of furan rings is 1. The van der Waals surface area contributed by atoms with Crippen molar-refractivity contribution in [2.24, 2.45) is 0 Å². The van der Waals surface area contributed by atoms with Crippen molar-refractivity contribution in [3.63, 3.8) is 0 Å². The smallest absolute Gasteiger partial charge is 0.286 e. The van der Waals surface area contributed by atoms with Gasteiger partial charge in [0, 0.05) is 20.3 Å². The molecule has 3 aromatic rings.